The second-order valence-corrected chi connectivity index (χ2v) is 6.33. The van der Waals surface area contributed by atoms with Crippen LogP contribution in [0.4, 0.5) is 4.39 Å². The van der Waals surface area contributed by atoms with Crippen molar-refractivity contribution in [3.05, 3.63) is 52.6 Å². The second-order valence-electron chi connectivity index (χ2n) is 6.33. The number of H-pyrrole nitrogens is 1. The maximum absolute atomic E-state index is 14.4. The molecule has 2 N–H and O–H groups in total. The number of fused-ring (bicyclic) bond motifs is 1. The summed E-state index contributed by atoms with van der Waals surface area (Å²) in [5, 5.41) is 17.9. The fourth-order valence-electron chi connectivity index (χ4n) is 3.75. The van der Waals surface area contributed by atoms with E-state index in [2.05, 4.69) is 10.2 Å². The van der Waals surface area contributed by atoms with Crippen LogP contribution in [0, 0.1) is 18.7 Å². The molecule has 0 spiro atoms. The highest BCUT2D eigenvalue weighted by Gasteiger charge is 2.49. The van der Waals surface area contributed by atoms with Crippen molar-refractivity contribution in [1.29, 1.82) is 0 Å². The normalized spacial score (nSPS) is 27.5. The zero-order chi connectivity index (χ0) is 16.1. The lowest BCUT2D eigenvalue weighted by atomic mass is 9.64. The van der Waals surface area contributed by atoms with Gasteiger partial charge in [0.25, 0.3) is 0 Å². The van der Waals surface area contributed by atoms with Crippen LogP contribution in [0.25, 0.3) is 0 Å². The van der Waals surface area contributed by atoms with Crippen LogP contribution >= 0.6 is 0 Å². The molecule has 116 valence electrons. The number of aromatic amines is 1. The highest BCUT2D eigenvalue weighted by atomic mass is 19.1. The molecule has 1 heterocycles. The Kier molecular flexibility index (Phi) is 3.40. The zero-order valence-corrected chi connectivity index (χ0v) is 12.9. The van der Waals surface area contributed by atoms with E-state index in [0.29, 0.717) is 11.3 Å². The molecule has 0 saturated heterocycles. The van der Waals surface area contributed by atoms with Crippen LogP contribution in [0.2, 0.25) is 0 Å². The Bertz CT molecular complexity index is 736. The molecule has 0 unspecified atom stereocenters. The maximum Gasteiger partial charge on any atom is 0.136 e. The largest absolute Gasteiger partial charge is 0.389 e. The number of aliphatic hydroxyl groups is 1. The number of Topliss-reactive ketones (excluding diaryl/α,β-unsaturated/α-hetero) is 1. The molecule has 4 nitrogen and oxygen atoms in total. The van der Waals surface area contributed by atoms with Gasteiger partial charge in [-0.05, 0) is 32.4 Å². The standard InChI is InChI=1S/C17H19FN2O2/c1-9-14-13(20-19-9)8-17(3,22)16(10(2)21)15(14)11-6-4-5-7-12(11)18/h4-7,15-16,22H,8H2,1-3H3,(H,19,20)/t15-,16+,17-/m0/s1. The molecule has 0 amide bonds. The number of nitrogens with one attached hydrogen (secondary N) is 1. The smallest absolute Gasteiger partial charge is 0.136 e. The highest BCUT2D eigenvalue weighted by molar-refractivity contribution is 5.82. The van der Waals surface area contributed by atoms with Gasteiger partial charge in [0, 0.05) is 23.6 Å². The van der Waals surface area contributed by atoms with Crippen molar-refractivity contribution in [3.8, 4) is 0 Å². The minimum Gasteiger partial charge on any atom is -0.389 e. The quantitative estimate of drug-likeness (QED) is 0.896. The van der Waals surface area contributed by atoms with Gasteiger partial charge in [-0.1, -0.05) is 18.2 Å². The topological polar surface area (TPSA) is 66.0 Å². The molecule has 0 radical (unpaired) electrons. The van der Waals surface area contributed by atoms with Crippen LogP contribution in [-0.4, -0.2) is 26.7 Å². The number of hydrogen-bond acceptors (Lipinski definition) is 3. The van der Waals surface area contributed by atoms with Crippen molar-refractivity contribution in [2.45, 2.75) is 38.7 Å². The van der Waals surface area contributed by atoms with Crippen LogP contribution in [0.5, 0.6) is 0 Å². The Labute approximate surface area is 128 Å². The van der Waals surface area contributed by atoms with Crippen molar-refractivity contribution in [1.82, 2.24) is 10.2 Å². The molecule has 5 heteroatoms. The lowest BCUT2D eigenvalue weighted by Crippen LogP contribution is -2.48. The summed E-state index contributed by atoms with van der Waals surface area (Å²) in [4.78, 5) is 12.2. The third-order valence-electron chi connectivity index (χ3n) is 4.59. The highest BCUT2D eigenvalue weighted by Crippen LogP contribution is 2.47. The molecule has 0 fully saturated rings. The van der Waals surface area contributed by atoms with Gasteiger partial charge >= 0.3 is 0 Å². The first kappa shape index (κ1) is 14.9. The van der Waals surface area contributed by atoms with E-state index in [9.17, 15) is 14.3 Å². The Hall–Kier alpha value is -2.01. The van der Waals surface area contributed by atoms with Gasteiger partial charge in [0.2, 0.25) is 0 Å². The predicted octanol–water partition coefficient (Wildman–Crippen LogP) is 2.50. The molecule has 0 aliphatic heterocycles. The summed E-state index contributed by atoms with van der Waals surface area (Å²) in [7, 11) is 0. The van der Waals surface area contributed by atoms with Crippen LogP contribution in [0.15, 0.2) is 24.3 Å². The molecule has 3 atom stereocenters. The molecule has 0 bridgehead atoms. The lowest BCUT2D eigenvalue weighted by Gasteiger charge is -2.41. The van der Waals surface area contributed by atoms with Crippen molar-refractivity contribution in [3.63, 3.8) is 0 Å². The van der Waals surface area contributed by atoms with Gasteiger partial charge in [0.05, 0.1) is 17.2 Å². The van der Waals surface area contributed by atoms with Crippen molar-refractivity contribution < 1.29 is 14.3 Å². The summed E-state index contributed by atoms with van der Waals surface area (Å²) in [5.74, 6) is -1.75. The molecule has 1 aromatic carbocycles. The lowest BCUT2D eigenvalue weighted by molar-refractivity contribution is -0.130. The molecule has 22 heavy (non-hydrogen) atoms. The summed E-state index contributed by atoms with van der Waals surface area (Å²) in [5.41, 5.74) is 1.51. The summed E-state index contributed by atoms with van der Waals surface area (Å²) in [6, 6.07) is 6.41. The average molecular weight is 302 g/mol. The number of benzene rings is 1. The predicted molar refractivity (Wildman–Crippen MR) is 80.1 cm³/mol. The number of halogens is 1. The second kappa shape index (κ2) is 5.02. The minimum atomic E-state index is -1.26. The Morgan fingerprint density at radius 3 is 2.77 bits per heavy atom. The molecular weight excluding hydrogens is 283 g/mol. The minimum absolute atomic E-state index is 0.149. The molecule has 1 aliphatic rings. The fourth-order valence-corrected chi connectivity index (χ4v) is 3.75. The van der Waals surface area contributed by atoms with Crippen LogP contribution in [0.3, 0.4) is 0 Å². The van der Waals surface area contributed by atoms with E-state index >= 15 is 0 Å². The first-order valence-electron chi connectivity index (χ1n) is 7.34. The van der Waals surface area contributed by atoms with E-state index in [1.807, 2.05) is 6.92 Å². The maximum atomic E-state index is 14.4. The van der Waals surface area contributed by atoms with Crippen LogP contribution in [-0.2, 0) is 11.2 Å². The van der Waals surface area contributed by atoms with Gasteiger partial charge in [-0.15, -0.1) is 0 Å². The van der Waals surface area contributed by atoms with Gasteiger partial charge in [-0.2, -0.15) is 5.10 Å². The van der Waals surface area contributed by atoms with E-state index in [0.717, 1.165) is 11.3 Å². The number of aryl methyl sites for hydroxylation is 1. The van der Waals surface area contributed by atoms with Crippen LogP contribution in [0.1, 0.15) is 42.3 Å². The summed E-state index contributed by atoms with van der Waals surface area (Å²) >= 11 is 0. The Morgan fingerprint density at radius 2 is 2.14 bits per heavy atom. The van der Waals surface area contributed by atoms with Gasteiger partial charge < -0.3 is 5.11 Å². The van der Waals surface area contributed by atoms with Crippen molar-refractivity contribution in [2.24, 2.45) is 5.92 Å². The number of aromatic nitrogens is 2. The average Bonchev–Trinajstić information content (AvgIpc) is 2.77. The third kappa shape index (κ3) is 2.16. The number of ketones is 1. The molecule has 1 aromatic heterocycles. The van der Waals surface area contributed by atoms with E-state index in [1.165, 1.54) is 13.0 Å². The van der Waals surface area contributed by atoms with Crippen molar-refractivity contribution in [2.75, 3.05) is 0 Å². The van der Waals surface area contributed by atoms with Gasteiger partial charge in [0.1, 0.15) is 11.6 Å². The monoisotopic (exact) mass is 302 g/mol. The van der Waals surface area contributed by atoms with E-state index < -0.39 is 17.4 Å². The Balaban J connectivity index is 2.28. The Morgan fingerprint density at radius 1 is 1.45 bits per heavy atom. The fraction of sp³-hybridized carbons (Fsp3) is 0.412. The number of rotatable bonds is 2. The first-order valence-corrected chi connectivity index (χ1v) is 7.34. The third-order valence-corrected chi connectivity index (χ3v) is 4.59. The molecule has 1 aliphatic carbocycles. The summed E-state index contributed by atoms with van der Waals surface area (Å²) < 4.78 is 14.4. The zero-order valence-electron chi connectivity index (χ0n) is 12.9. The summed E-state index contributed by atoms with van der Waals surface area (Å²) in [6.07, 6.45) is 0.280. The molecule has 3 rings (SSSR count). The van der Waals surface area contributed by atoms with Crippen LogP contribution < -0.4 is 0 Å². The molecule has 2 aromatic rings. The first-order chi connectivity index (χ1) is 10.3. The van der Waals surface area contributed by atoms with E-state index in [-0.39, 0.29) is 18.0 Å². The van der Waals surface area contributed by atoms with E-state index in [4.69, 9.17) is 0 Å². The number of nitrogens with zero attached hydrogens (tertiary/aromatic N) is 1. The summed E-state index contributed by atoms with van der Waals surface area (Å²) in [6.45, 7) is 4.93. The van der Waals surface area contributed by atoms with Crippen molar-refractivity contribution >= 4 is 5.78 Å². The van der Waals surface area contributed by atoms with E-state index in [1.54, 1.807) is 25.1 Å². The van der Waals surface area contributed by atoms with Gasteiger partial charge in [-0.25, -0.2) is 4.39 Å². The number of carbonyl (C=O) groups excluding carboxylic acids is 1. The number of hydrogen-bond donors (Lipinski definition) is 2. The molecule has 0 saturated carbocycles. The van der Waals surface area contributed by atoms with Gasteiger partial charge in [0.15, 0.2) is 0 Å². The van der Waals surface area contributed by atoms with Gasteiger partial charge in [-0.3, -0.25) is 9.89 Å². The molecular formula is C17H19FN2O2. The SMILES string of the molecule is CC(=O)[C@@H]1[C@@H](c2ccccc2F)c2c(n[nH]c2C)C[C@]1(C)O. The number of carbonyl (C=O) groups is 1.